The van der Waals surface area contributed by atoms with Crippen LogP contribution in [0.1, 0.15) is 30.5 Å². The smallest absolute Gasteiger partial charge is 0.261 e. The highest BCUT2D eigenvalue weighted by Crippen LogP contribution is 2.18. The predicted molar refractivity (Wildman–Crippen MR) is 136 cm³/mol. The van der Waals surface area contributed by atoms with Crippen LogP contribution in [-0.2, 0) is 29.0 Å². The third-order valence-corrected chi connectivity index (χ3v) is 5.79. The van der Waals surface area contributed by atoms with Gasteiger partial charge in [0.15, 0.2) is 6.61 Å². The molecular formula is C28H31ClN2O3. The summed E-state index contributed by atoms with van der Waals surface area (Å²) in [5, 5.41) is 3.46. The monoisotopic (exact) mass is 478 g/mol. The van der Waals surface area contributed by atoms with E-state index in [4.69, 9.17) is 16.3 Å². The molecular weight excluding hydrogens is 448 g/mol. The van der Waals surface area contributed by atoms with Gasteiger partial charge in [0.1, 0.15) is 11.8 Å². The predicted octanol–water partition coefficient (Wildman–Crippen LogP) is 5.06. The fourth-order valence-electron chi connectivity index (χ4n) is 3.73. The molecule has 0 aliphatic carbocycles. The first-order valence-electron chi connectivity index (χ1n) is 11.6. The Morgan fingerprint density at radius 1 is 0.912 bits per heavy atom. The van der Waals surface area contributed by atoms with Crippen LogP contribution in [0.4, 0.5) is 0 Å². The first-order chi connectivity index (χ1) is 16.5. The number of hydrogen-bond acceptors (Lipinski definition) is 3. The molecule has 0 saturated carbocycles. The Labute approximate surface area is 206 Å². The van der Waals surface area contributed by atoms with Crippen LogP contribution in [0.2, 0.25) is 5.02 Å². The molecule has 0 saturated heterocycles. The van der Waals surface area contributed by atoms with Gasteiger partial charge in [-0.15, -0.1) is 0 Å². The Kier molecular flexibility index (Phi) is 9.53. The van der Waals surface area contributed by atoms with E-state index in [1.54, 1.807) is 11.0 Å². The maximum Gasteiger partial charge on any atom is 0.261 e. The molecule has 0 aliphatic heterocycles. The second-order valence-electron chi connectivity index (χ2n) is 8.04. The highest BCUT2D eigenvalue weighted by atomic mass is 35.5. The highest BCUT2D eigenvalue weighted by Gasteiger charge is 2.30. The number of carbonyl (C=O) groups is 2. The standard InChI is InChI=1S/C28H31ClN2O3/c1-3-21-13-15-25(16-14-21)34-20-27(32)31(19-23-11-8-12-24(29)17-23)26(28(33)30-4-2)18-22-9-6-5-7-10-22/h5-17,26H,3-4,18-20H2,1-2H3,(H,30,33)/t26-/m1/s1. The third-order valence-electron chi connectivity index (χ3n) is 5.56. The average molecular weight is 479 g/mol. The first kappa shape index (κ1) is 25.3. The maximum absolute atomic E-state index is 13.5. The maximum atomic E-state index is 13.5. The van der Waals surface area contributed by atoms with Crippen LogP contribution in [0.15, 0.2) is 78.9 Å². The number of aryl methyl sites for hydroxylation is 1. The van der Waals surface area contributed by atoms with Gasteiger partial charge in [-0.05, 0) is 54.3 Å². The minimum Gasteiger partial charge on any atom is -0.484 e. The minimum atomic E-state index is -0.695. The summed E-state index contributed by atoms with van der Waals surface area (Å²) in [7, 11) is 0. The molecule has 34 heavy (non-hydrogen) atoms. The summed E-state index contributed by atoms with van der Waals surface area (Å²) in [4.78, 5) is 28.2. The fraction of sp³-hybridized carbons (Fsp3) is 0.286. The van der Waals surface area contributed by atoms with Gasteiger partial charge in [0.05, 0.1) is 0 Å². The van der Waals surface area contributed by atoms with Crippen molar-refractivity contribution in [2.45, 2.75) is 39.3 Å². The molecule has 0 aliphatic rings. The lowest BCUT2D eigenvalue weighted by Gasteiger charge is -2.31. The van der Waals surface area contributed by atoms with Crippen molar-refractivity contribution in [2.24, 2.45) is 0 Å². The van der Waals surface area contributed by atoms with Crippen LogP contribution in [0.5, 0.6) is 5.75 Å². The molecule has 0 unspecified atom stereocenters. The Bertz CT molecular complexity index is 1070. The number of hydrogen-bond donors (Lipinski definition) is 1. The summed E-state index contributed by atoms with van der Waals surface area (Å²) in [5.74, 6) is 0.145. The average Bonchev–Trinajstić information content (AvgIpc) is 2.85. The molecule has 2 amide bonds. The van der Waals surface area contributed by atoms with Crippen molar-refractivity contribution in [3.05, 3.63) is 101 Å². The van der Waals surface area contributed by atoms with Gasteiger partial charge in [0.25, 0.3) is 5.91 Å². The number of nitrogens with zero attached hydrogens (tertiary/aromatic N) is 1. The van der Waals surface area contributed by atoms with Crippen molar-refractivity contribution < 1.29 is 14.3 Å². The molecule has 0 fully saturated rings. The summed E-state index contributed by atoms with van der Waals surface area (Å²) in [6.07, 6.45) is 1.32. The number of benzene rings is 3. The number of amides is 2. The van der Waals surface area contributed by atoms with Crippen molar-refractivity contribution in [1.29, 1.82) is 0 Å². The van der Waals surface area contributed by atoms with E-state index in [1.165, 1.54) is 5.56 Å². The number of nitrogens with one attached hydrogen (secondary N) is 1. The number of rotatable bonds is 11. The molecule has 1 atom stereocenters. The van der Waals surface area contributed by atoms with Gasteiger partial charge < -0.3 is 15.0 Å². The summed E-state index contributed by atoms with van der Waals surface area (Å²) in [6.45, 7) is 4.50. The van der Waals surface area contributed by atoms with Crippen LogP contribution < -0.4 is 10.1 Å². The molecule has 178 valence electrons. The van der Waals surface area contributed by atoms with Crippen molar-refractivity contribution >= 4 is 23.4 Å². The number of carbonyl (C=O) groups excluding carboxylic acids is 2. The molecule has 0 radical (unpaired) electrons. The molecule has 3 aromatic rings. The van der Waals surface area contributed by atoms with Crippen molar-refractivity contribution in [3.8, 4) is 5.75 Å². The van der Waals surface area contributed by atoms with Gasteiger partial charge in [-0.3, -0.25) is 9.59 Å². The van der Waals surface area contributed by atoms with Gasteiger partial charge in [0.2, 0.25) is 5.91 Å². The molecule has 5 nitrogen and oxygen atoms in total. The molecule has 3 aromatic carbocycles. The van der Waals surface area contributed by atoms with Crippen LogP contribution in [0.3, 0.4) is 0 Å². The van der Waals surface area contributed by atoms with E-state index >= 15 is 0 Å². The molecule has 6 heteroatoms. The molecule has 0 aromatic heterocycles. The number of halogens is 1. The van der Waals surface area contributed by atoms with Crippen LogP contribution in [-0.4, -0.2) is 35.9 Å². The van der Waals surface area contributed by atoms with Crippen LogP contribution >= 0.6 is 11.6 Å². The van der Waals surface area contributed by atoms with Crippen LogP contribution in [0.25, 0.3) is 0 Å². The molecule has 0 heterocycles. The fourth-order valence-corrected chi connectivity index (χ4v) is 3.94. The molecule has 0 spiro atoms. The molecule has 1 N–H and O–H groups in total. The lowest BCUT2D eigenvalue weighted by Crippen LogP contribution is -2.51. The normalized spacial score (nSPS) is 11.5. The number of ether oxygens (including phenoxy) is 1. The number of likely N-dealkylation sites (N-methyl/N-ethyl adjacent to an activating group) is 1. The largest absolute Gasteiger partial charge is 0.484 e. The van der Waals surface area contributed by atoms with Gasteiger partial charge in [-0.2, -0.15) is 0 Å². The lowest BCUT2D eigenvalue weighted by atomic mass is 10.0. The van der Waals surface area contributed by atoms with E-state index in [9.17, 15) is 9.59 Å². The zero-order valence-electron chi connectivity index (χ0n) is 19.7. The van der Waals surface area contributed by atoms with Crippen molar-refractivity contribution in [2.75, 3.05) is 13.2 Å². The SMILES string of the molecule is CCNC(=O)[C@@H](Cc1ccccc1)N(Cc1cccc(Cl)c1)C(=O)COc1ccc(CC)cc1. The van der Waals surface area contributed by atoms with Crippen molar-refractivity contribution in [3.63, 3.8) is 0 Å². The van der Waals surface area contributed by atoms with Crippen molar-refractivity contribution in [1.82, 2.24) is 10.2 Å². The van der Waals surface area contributed by atoms with E-state index in [2.05, 4.69) is 12.2 Å². The summed E-state index contributed by atoms with van der Waals surface area (Å²) in [6, 6.07) is 24.0. The van der Waals surface area contributed by atoms with E-state index in [0.717, 1.165) is 17.5 Å². The van der Waals surface area contributed by atoms with Gasteiger partial charge in [-0.1, -0.05) is 73.1 Å². The Balaban J connectivity index is 1.86. The minimum absolute atomic E-state index is 0.170. The first-order valence-corrected chi connectivity index (χ1v) is 11.9. The van der Waals surface area contributed by atoms with E-state index in [-0.39, 0.29) is 25.0 Å². The van der Waals surface area contributed by atoms with Gasteiger partial charge >= 0.3 is 0 Å². The summed E-state index contributed by atoms with van der Waals surface area (Å²) < 4.78 is 5.80. The third kappa shape index (κ3) is 7.35. The van der Waals surface area contributed by atoms with E-state index < -0.39 is 6.04 Å². The Morgan fingerprint density at radius 3 is 2.26 bits per heavy atom. The Hall–Kier alpha value is -3.31. The second-order valence-corrected chi connectivity index (χ2v) is 8.47. The summed E-state index contributed by atoms with van der Waals surface area (Å²) >= 11 is 6.19. The van der Waals surface area contributed by atoms with E-state index in [0.29, 0.717) is 23.7 Å². The summed E-state index contributed by atoms with van der Waals surface area (Å²) in [5.41, 5.74) is 3.01. The lowest BCUT2D eigenvalue weighted by molar-refractivity contribution is -0.142. The molecule has 0 bridgehead atoms. The topological polar surface area (TPSA) is 58.6 Å². The molecule has 3 rings (SSSR count). The van der Waals surface area contributed by atoms with Gasteiger partial charge in [-0.25, -0.2) is 0 Å². The Morgan fingerprint density at radius 2 is 1.62 bits per heavy atom. The zero-order valence-corrected chi connectivity index (χ0v) is 20.4. The zero-order chi connectivity index (χ0) is 24.3. The quantitative estimate of drug-likeness (QED) is 0.419. The van der Waals surface area contributed by atoms with Crippen LogP contribution in [0, 0.1) is 0 Å². The highest BCUT2D eigenvalue weighted by molar-refractivity contribution is 6.30. The second kappa shape index (κ2) is 12.8. The van der Waals surface area contributed by atoms with Gasteiger partial charge in [0, 0.05) is 24.5 Å². The van der Waals surface area contributed by atoms with E-state index in [1.807, 2.05) is 79.7 Å².